The molecule has 0 unspecified atom stereocenters. The molecule has 6 heteroatoms. The Balaban J connectivity index is 2.54. The first-order chi connectivity index (χ1) is 7.81. The van der Waals surface area contributed by atoms with Crippen molar-refractivity contribution in [3.8, 4) is 0 Å². The van der Waals surface area contributed by atoms with Gasteiger partial charge in [-0.2, -0.15) is 0 Å². The molecule has 0 fully saturated rings. The van der Waals surface area contributed by atoms with Gasteiger partial charge in [0, 0.05) is 19.0 Å². The lowest BCUT2D eigenvalue weighted by atomic mass is 10.1. The summed E-state index contributed by atoms with van der Waals surface area (Å²) in [5, 5.41) is 12.2. The Kier molecular flexibility index (Phi) is 4.91. The maximum absolute atomic E-state index is 11.8. The van der Waals surface area contributed by atoms with Crippen molar-refractivity contribution in [3.05, 3.63) is 16.1 Å². The summed E-state index contributed by atoms with van der Waals surface area (Å²) in [4.78, 5) is 17.6. The number of likely N-dealkylation sites (N-methyl/N-ethyl adjacent to an activating group) is 1. The number of hydrogen-bond donors (Lipinski definition) is 1. The van der Waals surface area contributed by atoms with Gasteiger partial charge in [-0.05, 0) is 13.8 Å². The van der Waals surface area contributed by atoms with E-state index in [0.717, 1.165) is 10.7 Å². The molecule has 0 bridgehead atoms. The molecule has 96 valence electrons. The second-order valence-corrected chi connectivity index (χ2v) is 5.82. The van der Waals surface area contributed by atoms with Crippen molar-refractivity contribution in [3.63, 3.8) is 0 Å². The van der Waals surface area contributed by atoms with Crippen LogP contribution in [0.2, 0.25) is 0 Å². The van der Waals surface area contributed by atoms with Crippen molar-refractivity contribution in [1.82, 2.24) is 9.88 Å². The summed E-state index contributed by atoms with van der Waals surface area (Å²) in [6, 6.07) is 0. The predicted octanol–water partition coefficient (Wildman–Crippen LogP) is 1.65. The molecule has 0 atom stereocenters. The molecular formula is C11H17ClN2O2S. The molecule has 4 nitrogen and oxygen atoms in total. The van der Waals surface area contributed by atoms with E-state index in [1.54, 1.807) is 20.9 Å². The summed E-state index contributed by atoms with van der Waals surface area (Å²) in [6.07, 6.45) is 0.258. The minimum Gasteiger partial charge on any atom is -0.389 e. The molecule has 0 spiro atoms. The van der Waals surface area contributed by atoms with Crippen molar-refractivity contribution in [1.29, 1.82) is 0 Å². The van der Waals surface area contributed by atoms with Crippen LogP contribution in [-0.2, 0) is 17.1 Å². The van der Waals surface area contributed by atoms with Gasteiger partial charge in [0.2, 0.25) is 5.91 Å². The number of thiazole rings is 1. The Morgan fingerprint density at radius 3 is 2.76 bits per heavy atom. The topological polar surface area (TPSA) is 53.4 Å². The number of hydrogen-bond acceptors (Lipinski definition) is 4. The molecule has 0 saturated carbocycles. The third-order valence-corrected chi connectivity index (χ3v) is 3.26. The molecule has 1 aromatic heterocycles. The maximum Gasteiger partial charge on any atom is 0.229 e. The zero-order valence-electron chi connectivity index (χ0n) is 10.2. The summed E-state index contributed by atoms with van der Waals surface area (Å²) < 4.78 is 0. The summed E-state index contributed by atoms with van der Waals surface area (Å²) in [6.45, 7) is 3.65. The highest BCUT2D eigenvalue weighted by Crippen LogP contribution is 2.13. The van der Waals surface area contributed by atoms with Crippen LogP contribution >= 0.6 is 22.9 Å². The highest BCUT2D eigenvalue weighted by Gasteiger charge is 2.20. The van der Waals surface area contributed by atoms with E-state index in [-0.39, 0.29) is 12.3 Å². The van der Waals surface area contributed by atoms with Crippen LogP contribution in [0.3, 0.4) is 0 Å². The van der Waals surface area contributed by atoms with Gasteiger partial charge in [-0.15, -0.1) is 22.9 Å². The fourth-order valence-electron chi connectivity index (χ4n) is 1.42. The van der Waals surface area contributed by atoms with Crippen molar-refractivity contribution in [2.24, 2.45) is 0 Å². The molecule has 0 aromatic carbocycles. The van der Waals surface area contributed by atoms with E-state index in [1.165, 1.54) is 16.2 Å². The average molecular weight is 277 g/mol. The Morgan fingerprint density at radius 1 is 1.65 bits per heavy atom. The number of halogens is 1. The number of carbonyl (C=O) groups is 1. The van der Waals surface area contributed by atoms with Gasteiger partial charge in [-0.1, -0.05) is 0 Å². The number of alkyl halides is 1. The second kappa shape index (κ2) is 5.80. The van der Waals surface area contributed by atoms with Gasteiger partial charge in [0.05, 0.1) is 23.6 Å². The third kappa shape index (κ3) is 5.02. The first-order valence-electron chi connectivity index (χ1n) is 5.27. The van der Waals surface area contributed by atoms with Crippen LogP contribution in [0, 0.1) is 0 Å². The van der Waals surface area contributed by atoms with E-state index in [0.29, 0.717) is 12.4 Å². The lowest BCUT2D eigenvalue weighted by Crippen LogP contribution is -2.40. The monoisotopic (exact) mass is 276 g/mol. The molecule has 0 radical (unpaired) electrons. The Morgan fingerprint density at radius 2 is 2.29 bits per heavy atom. The van der Waals surface area contributed by atoms with Gasteiger partial charge in [0.1, 0.15) is 5.01 Å². The van der Waals surface area contributed by atoms with Gasteiger partial charge in [0.15, 0.2) is 0 Å². The van der Waals surface area contributed by atoms with Gasteiger partial charge in [-0.25, -0.2) is 4.98 Å². The van der Waals surface area contributed by atoms with Crippen molar-refractivity contribution in [2.75, 3.05) is 13.6 Å². The van der Waals surface area contributed by atoms with Crippen LogP contribution in [0.1, 0.15) is 24.5 Å². The average Bonchev–Trinajstić information content (AvgIpc) is 2.62. The van der Waals surface area contributed by atoms with Gasteiger partial charge in [0.25, 0.3) is 0 Å². The summed E-state index contributed by atoms with van der Waals surface area (Å²) in [5.74, 6) is 0.312. The molecular weight excluding hydrogens is 260 g/mol. The van der Waals surface area contributed by atoms with E-state index >= 15 is 0 Å². The second-order valence-electron chi connectivity index (χ2n) is 4.61. The number of aromatic nitrogens is 1. The first kappa shape index (κ1) is 14.4. The van der Waals surface area contributed by atoms with Crippen LogP contribution in [0.25, 0.3) is 0 Å². The number of aliphatic hydroxyl groups is 1. The van der Waals surface area contributed by atoms with Crippen LogP contribution in [0.4, 0.5) is 0 Å². The highest BCUT2D eigenvalue weighted by atomic mass is 35.5. The number of carbonyl (C=O) groups excluding carboxylic acids is 1. The molecule has 1 rings (SSSR count). The maximum atomic E-state index is 11.8. The quantitative estimate of drug-likeness (QED) is 0.832. The summed E-state index contributed by atoms with van der Waals surface area (Å²) >= 11 is 7.07. The third-order valence-electron chi connectivity index (χ3n) is 2.09. The lowest BCUT2D eigenvalue weighted by molar-refractivity contribution is -0.131. The normalized spacial score (nSPS) is 11.6. The molecule has 17 heavy (non-hydrogen) atoms. The molecule has 1 heterocycles. The van der Waals surface area contributed by atoms with Crippen LogP contribution in [-0.4, -0.2) is 40.1 Å². The van der Waals surface area contributed by atoms with Crippen molar-refractivity contribution >= 4 is 28.8 Å². The van der Waals surface area contributed by atoms with E-state index in [9.17, 15) is 9.90 Å². The molecule has 0 aliphatic heterocycles. The van der Waals surface area contributed by atoms with Crippen LogP contribution < -0.4 is 0 Å². The Hall–Kier alpha value is -0.650. The zero-order valence-corrected chi connectivity index (χ0v) is 11.8. The zero-order chi connectivity index (χ0) is 13.1. The van der Waals surface area contributed by atoms with Gasteiger partial charge < -0.3 is 10.0 Å². The minimum absolute atomic E-state index is 0.0532. The Labute approximate surface area is 110 Å². The van der Waals surface area contributed by atoms with Gasteiger partial charge >= 0.3 is 0 Å². The smallest absolute Gasteiger partial charge is 0.229 e. The van der Waals surface area contributed by atoms with E-state index < -0.39 is 5.60 Å². The Bertz CT molecular complexity index is 387. The first-order valence-corrected chi connectivity index (χ1v) is 6.69. The van der Waals surface area contributed by atoms with E-state index in [2.05, 4.69) is 4.98 Å². The van der Waals surface area contributed by atoms with Crippen LogP contribution in [0.5, 0.6) is 0 Å². The highest BCUT2D eigenvalue weighted by molar-refractivity contribution is 7.09. The number of rotatable bonds is 5. The summed E-state index contributed by atoms with van der Waals surface area (Å²) in [5.41, 5.74) is -0.0844. The fourth-order valence-corrected chi connectivity index (χ4v) is 2.44. The number of amides is 1. The lowest BCUT2D eigenvalue weighted by Gasteiger charge is -2.25. The molecule has 0 aliphatic rings. The molecule has 1 aromatic rings. The van der Waals surface area contributed by atoms with Gasteiger partial charge in [-0.3, -0.25) is 4.79 Å². The molecule has 0 aliphatic carbocycles. The van der Waals surface area contributed by atoms with Crippen molar-refractivity contribution in [2.45, 2.75) is 31.7 Å². The van der Waals surface area contributed by atoms with E-state index in [1.807, 2.05) is 5.38 Å². The largest absolute Gasteiger partial charge is 0.389 e. The van der Waals surface area contributed by atoms with Crippen LogP contribution in [0.15, 0.2) is 5.38 Å². The fraction of sp³-hybridized carbons (Fsp3) is 0.636. The SMILES string of the molecule is CN(CC(C)(C)O)C(=O)Cc1nc(CCl)cs1. The molecule has 0 saturated heterocycles. The molecule has 1 N–H and O–H groups in total. The number of nitrogens with zero attached hydrogens (tertiary/aromatic N) is 2. The van der Waals surface area contributed by atoms with E-state index in [4.69, 9.17) is 11.6 Å². The van der Waals surface area contributed by atoms with Crippen molar-refractivity contribution < 1.29 is 9.90 Å². The predicted molar refractivity (Wildman–Crippen MR) is 69.3 cm³/mol. The minimum atomic E-state index is -0.880. The standard InChI is InChI=1S/C11H17ClN2O2S/c1-11(2,16)7-14(3)10(15)4-9-13-8(5-12)6-17-9/h6,16H,4-5,7H2,1-3H3. The molecule has 1 amide bonds. The summed E-state index contributed by atoms with van der Waals surface area (Å²) in [7, 11) is 1.68.